The van der Waals surface area contributed by atoms with Gasteiger partial charge in [0.1, 0.15) is 6.10 Å². The fourth-order valence-electron chi connectivity index (χ4n) is 1.78. The zero-order valence-corrected chi connectivity index (χ0v) is 10.5. The molecule has 17 heavy (non-hydrogen) atoms. The molecule has 4 heteroatoms. The van der Waals surface area contributed by atoms with Gasteiger partial charge < -0.3 is 14.2 Å². The monoisotopic (exact) mass is 242 g/mol. The minimum atomic E-state index is -0.272. The van der Waals surface area contributed by atoms with Crippen LogP contribution in [0.2, 0.25) is 0 Å². The molecule has 1 saturated heterocycles. The highest BCUT2D eigenvalue weighted by molar-refractivity contribution is 5.66. The molecular formula is C13H22O4. The van der Waals surface area contributed by atoms with Gasteiger partial charge in [0.25, 0.3) is 0 Å². The van der Waals surface area contributed by atoms with E-state index >= 15 is 0 Å². The second kappa shape index (κ2) is 8.25. The predicted molar refractivity (Wildman–Crippen MR) is 64.5 cm³/mol. The lowest BCUT2D eigenvalue weighted by molar-refractivity contribution is -0.164. The Morgan fingerprint density at radius 2 is 2.41 bits per heavy atom. The lowest BCUT2D eigenvalue weighted by Gasteiger charge is -2.22. The van der Waals surface area contributed by atoms with Crippen LogP contribution in [0.5, 0.6) is 0 Å². The highest BCUT2D eigenvalue weighted by atomic mass is 16.7. The molecule has 1 rings (SSSR count). The maximum absolute atomic E-state index is 10.8. The molecule has 0 radical (unpaired) electrons. The summed E-state index contributed by atoms with van der Waals surface area (Å²) >= 11 is 0. The van der Waals surface area contributed by atoms with Crippen LogP contribution in [0.3, 0.4) is 0 Å². The van der Waals surface area contributed by atoms with Gasteiger partial charge in [-0.25, -0.2) is 0 Å². The zero-order chi connectivity index (χ0) is 12.5. The van der Waals surface area contributed by atoms with Crippen molar-refractivity contribution in [1.82, 2.24) is 0 Å². The number of ether oxygens (including phenoxy) is 3. The molecule has 1 unspecified atom stereocenters. The second-order valence-electron chi connectivity index (χ2n) is 4.19. The lowest BCUT2D eigenvalue weighted by atomic mass is 10.2. The van der Waals surface area contributed by atoms with Gasteiger partial charge in [-0.15, -0.1) is 0 Å². The van der Waals surface area contributed by atoms with E-state index in [0.29, 0.717) is 6.61 Å². The first-order chi connectivity index (χ1) is 8.22. The van der Waals surface area contributed by atoms with Gasteiger partial charge in [-0.05, 0) is 32.1 Å². The number of hydrogen-bond acceptors (Lipinski definition) is 4. The summed E-state index contributed by atoms with van der Waals surface area (Å²) in [6, 6.07) is 0. The highest BCUT2D eigenvalue weighted by Crippen LogP contribution is 2.14. The number of esters is 1. The van der Waals surface area contributed by atoms with E-state index in [-0.39, 0.29) is 18.4 Å². The van der Waals surface area contributed by atoms with Crippen molar-refractivity contribution in [3.05, 3.63) is 12.7 Å². The number of carbonyl (C=O) groups excluding carboxylic acids is 1. The molecule has 1 aliphatic rings. The Hall–Kier alpha value is -0.870. The van der Waals surface area contributed by atoms with Crippen LogP contribution in [0.4, 0.5) is 0 Å². The van der Waals surface area contributed by atoms with Crippen LogP contribution >= 0.6 is 0 Å². The van der Waals surface area contributed by atoms with Crippen LogP contribution in [0, 0.1) is 0 Å². The third kappa shape index (κ3) is 6.44. The Kier molecular flexibility index (Phi) is 6.89. The first-order valence-electron chi connectivity index (χ1n) is 6.25. The van der Waals surface area contributed by atoms with E-state index < -0.39 is 0 Å². The Bertz CT molecular complexity index is 234. The third-order valence-electron chi connectivity index (χ3n) is 2.65. The summed E-state index contributed by atoms with van der Waals surface area (Å²) in [5, 5.41) is 0. The molecule has 0 aliphatic carbocycles. The maximum Gasteiger partial charge on any atom is 0.303 e. The molecule has 1 aliphatic heterocycles. The van der Waals surface area contributed by atoms with E-state index in [9.17, 15) is 4.79 Å². The van der Waals surface area contributed by atoms with Crippen LogP contribution in [-0.2, 0) is 19.0 Å². The van der Waals surface area contributed by atoms with E-state index in [0.717, 1.165) is 32.3 Å². The Morgan fingerprint density at radius 1 is 1.59 bits per heavy atom. The number of rotatable bonds is 7. The van der Waals surface area contributed by atoms with Crippen LogP contribution < -0.4 is 0 Å². The van der Waals surface area contributed by atoms with Crippen LogP contribution in [0.1, 0.15) is 39.0 Å². The van der Waals surface area contributed by atoms with Gasteiger partial charge in [-0.3, -0.25) is 4.79 Å². The van der Waals surface area contributed by atoms with Crippen molar-refractivity contribution in [2.24, 2.45) is 0 Å². The molecule has 0 bridgehead atoms. The minimum absolute atomic E-state index is 0.0420. The van der Waals surface area contributed by atoms with Crippen molar-refractivity contribution in [2.45, 2.75) is 51.4 Å². The summed E-state index contributed by atoms with van der Waals surface area (Å²) in [5.74, 6) is -0.272. The Morgan fingerprint density at radius 3 is 3.00 bits per heavy atom. The highest BCUT2D eigenvalue weighted by Gasteiger charge is 2.14. The Labute approximate surface area is 103 Å². The summed E-state index contributed by atoms with van der Waals surface area (Å²) in [5.41, 5.74) is 0. The summed E-state index contributed by atoms with van der Waals surface area (Å²) in [6.45, 7) is 6.48. The quantitative estimate of drug-likeness (QED) is 0.391. The molecule has 2 atom stereocenters. The van der Waals surface area contributed by atoms with Gasteiger partial charge in [0.15, 0.2) is 6.29 Å². The molecule has 0 N–H and O–H groups in total. The van der Waals surface area contributed by atoms with Crippen LogP contribution in [0.15, 0.2) is 12.7 Å². The van der Waals surface area contributed by atoms with Crippen molar-refractivity contribution in [1.29, 1.82) is 0 Å². The number of hydrogen-bond donors (Lipinski definition) is 0. The molecule has 0 saturated carbocycles. The standard InChI is InChI=1S/C13H22O4/c1-3-12(17-11(2)14)7-6-10-16-13-8-4-5-9-15-13/h3,12-13H,1,4-10H2,2H3/t12-,13?/m1/s1. The molecule has 0 amide bonds. The van der Waals surface area contributed by atoms with Crippen molar-refractivity contribution in [3.63, 3.8) is 0 Å². The number of carbonyl (C=O) groups is 1. The van der Waals surface area contributed by atoms with Gasteiger partial charge in [0.05, 0.1) is 0 Å². The molecule has 0 aromatic rings. The van der Waals surface area contributed by atoms with E-state index in [1.54, 1.807) is 6.08 Å². The van der Waals surface area contributed by atoms with E-state index in [1.807, 2.05) is 0 Å². The third-order valence-corrected chi connectivity index (χ3v) is 2.65. The fraction of sp³-hybridized carbons (Fsp3) is 0.769. The summed E-state index contributed by atoms with van der Waals surface area (Å²) in [6.07, 6.45) is 6.27. The van der Waals surface area contributed by atoms with Crippen molar-refractivity contribution in [2.75, 3.05) is 13.2 Å². The average molecular weight is 242 g/mol. The van der Waals surface area contributed by atoms with Gasteiger partial charge in [-0.1, -0.05) is 12.7 Å². The van der Waals surface area contributed by atoms with Crippen molar-refractivity contribution >= 4 is 5.97 Å². The predicted octanol–water partition coefficient (Wildman–Crippen LogP) is 2.43. The molecular weight excluding hydrogens is 220 g/mol. The SMILES string of the molecule is C=C[C@H](CCCOC1CCCCO1)OC(C)=O. The topological polar surface area (TPSA) is 44.8 Å². The molecule has 0 aromatic carbocycles. The zero-order valence-electron chi connectivity index (χ0n) is 10.5. The molecule has 0 spiro atoms. The van der Waals surface area contributed by atoms with Gasteiger partial charge in [0, 0.05) is 20.1 Å². The van der Waals surface area contributed by atoms with Crippen LogP contribution in [-0.4, -0.2) is 31.6 Å². The van der Waals surface area contributed by atoms with Crippen LogP contribution in [0.25, 0.3) is 0 Å². The maximum atomic E-state index is 10.8. The Balaban J connectivity index is 2.05. The second-order valence-corrected chi connectivity index (χ2v) is 4.19. The molecule has 1 fully saturated rings. The smallest absolute Gasteiger partial charge is 0.303 e. The lowest BCUT2D eigenvalue weighted by Crippen LogP contribution is -2.23. The summed E-state index contributed by atoms with van der Waals surface area (Å²) < 4.78 is 16.1. The van der Waals surface area contributed by atoms with E-state index in [1.165, 1.54) is 13.3 Å². The summed E-state index contributed by atoms with van der Waals surface area (Å²) in [7, 11) is 0. The van der Waals surface area contributed by atoms with Gasteiger partial charge >= 0.3 is 5.97 Å². The molecule has 0 aromatic heterocycles. The normalized spacial score (nSPS) is 21.8. The van der Waals surface area contributed by atoms with Gasteiger partial charge in [0.2, 0.25) is 0 Å². The van der Waals surface area contributed by atoms with Gasteiger partial charge in [-0.2, -0.15) is 0 Å². The van der Waals surface area contributed by atoms with Crippen molar-refractivity contribution < 1.29 is 19.0 Å². The first kappa shape index (κ1) is 14.2. The molecule has 1 heterocycles. The van der Waals surface area contributed by atoms with Crippen molar-refractivity contribution in [3.8, 4) is 0 Å². The van der Waals surface area contributed by atoms with E-state index in [4.69, 9.17) is 14.2 Å². The fourth-order valence-corrected chi connectivity index (χ4v) is 1.78. The minimum Gasteiger partial charge on any atom is -0.458 e. The summed E-state index contributed by atoms with van der Waals surface area (Å²) in [4.78, 5) is 10.8. The average Bonchev–Trinajstić information content (AvgIpc) is 2.34. The van der Waals surface area contributed by atoms with E-state index in [2.05, 4.69) is 6.58 Å². The molecule has 4 nitrogen and oxygen atoms in total. The first-order valence-corrected chi connectivity index (χ1v) is 6.25. The molecule has 98 valence electrons. The largest absolute Gasteiger partial charge is 0.458 e.